The summed E-state index contributed by atoms with van der Waals surface area (Å²) in [6, 6.07) is 3.89. The van der Waals surface area contributed by atoms with Gasteiger partial charge < -0.3 is 14.8 Å². The highest BCUT2D eigenvalue weighted by Crippen LogP contribution is 2.25. The quantitative estimate of drug-likeness (QED) is 0.465. The van der Waals surface area contributed by atoms with E-state index in [9.17, 15) is 29.6 Å². The van der Waals surface area contributed by atoms with Crippen LogP contribution < -0.4 is 11.1 Å². The molecule has 1 aromatic heterocycles. The number of aryl methyl sites for hydroxylation is 1. The van der Waals surface area contributed by atoms with Gasteiger partial charge in [0.1, 0.15) is 0 Å². The second-order valence-electron chi connectivity index (χ2n) is 6.60. The number of oxazole rings is 1. The Balaban J connectivity index is 1.97. The third-order valence-electron chi connectivity index (χ3n) is 5.08. The molecule has 2 rings (SSSR count). The first-order chi connectivity index (χ1) is 13.2. The van der Waals surface area contributed by atoms with Crippen molar-refractivity contribution in [2.75, 3.05) is 6.54 Å². The van der Waals surface area contributed by atoms with Gasteiger partial charge in [-0.3, -0.25) is 24.3 Å². The fraction of sp³-hybridized carbons (Fsp3) is 0.500. The fourth-order valence-electron chi connectivity index (χ4n) is 3.01. The van der Waals surface area contributed by atoms with Gasteiger partial charge >= 0.3 is 11.7 Å². The number of aliphatic carboxylic acids is 1. The van der Waals surface area contributed by atoms with E-state index in [4.69, 9.17) is 4.42 Å². The molecule has 1 heterocycles. The highest BCUT2D eigenvalue weighted by molar-refractivity contribution is 5.79. The molecule has 0 aliphatic heterocycles. The molecule has 2 N–H and O–H groups in total. The van der Waals surface area contributed by atoms with Crippen LogP contribution in [0, 0.1) is 15.5 Å². The molecule has 0 unspecified atom stereocenters. The van der Waals surface area contributed by atoms with Crippen LogP contribution in [-0.2, 0) is 16.1 Å². The van der Waals surface area contributed by atoms with Gasteiger partial charge in [0.05, 0.1) is 21.9 Å². The van der Waals surface area contributed by atoms with Gasteiger partial charge in [-0.25, -0.2) is 4.79 Å². The molecule has 0 fully saturated rings. The maximum atomic E-state index is 12.1. The molecular formula is C18H23N3O7. The van der Waals surface area contributed by atoms with E-state index in [0.717, 1.165) is 0 Å². The van der Waals surface area contributed by atoms with Crippen LogP contribution in [0.25, 0.3) is 11.1 Å². The first kappa shape index (κ1) is 21.1. The van der Waals surface area contributed by atoms with Crippen molar-refractivity contribution in [1.29, 1.82) is 0 Å². The van der Waals surface area contributed by atoms with E-state index in [-0.39, 0.29) is 36.7 Å². The third-order valence-corrected chi connectivity index (χ3v) is 5.08. The van der Waals surface area contributed by atoms with E-state index in [1.807, 2.05) is 0 Å². The summed E-state index contributed by atoms with van der Waals surface area (Å²) < 4.78 is 6.34. The fourth-order valence-corrected chi connectivity index (χ4v) is 3.01. The van der Waals surface area contributed by atoms with Gasteiger partial charge in [0, 0.05) is 25.6 Å². The number of carbonyl (C=O) groups excluding carboxylic acids is 1. The Morgan fingerprint density at radius 2 is 2.00 bits per heavy atom. The summed E-state index contributed by atoms with van der Waals surface area (Å²) >= 11 is 0. The molecule has 0 aliphatic carbocycles. The van der Waals surface area contributed by atoms with Crippen LogP contribution in [0.2, 0.25) is 0 Å². The molecule has 0 radical (unpaired) electrons. The van der Waals surface area contributed by atoms with Crippen LogP contribution in [-0.4, -0.2) is 33.0 Å². The Bertz CT molecular complexity index is 940. The number of amides is 1. The van der Waals surface area contributed by atoms with Crippen LogP contribution in [0.15, 0.2) is 27.4 Å². The van der Waals surface area contributed by atoms with Crippen LogP contribution in [0.3, 0.4) is 0 Å². The first-order valence-corrected chi connectivity index (χ1v) is 9.02. The van der Waals surface area contributed by atoms with E-state index in [0.29, 0.717) is 24.8 Å². The molecule has 0 saturated carbocycles. The van der Waals surface area contributed by atoms with Gasteiger partial charge in [0.25, 0.3) is 5.69 Å². The van der Waals surface area contributed by atoms with Gasteiger partial charge in [0.15, 0.2) is 5.58 Å². The number of hydrogen-bond donors (Lipinski definition) is 2. The standard InChI is InChI=1S/C18H23N3O7/c1-3-18(4-2,16(23)24)11-19-15(22)6-5-9-20-13-8-7-12(21(26)27)10-14(13)28-17(20)25/h7-8,10H,3-6,9,11H2,1-2H3,(H,19,22)(H,23,24). The number of non-ortho nitro benzene ring substituents is 1. The molecule has 28 heavy (non-hydrogen) atoms. The average molecular weight is 393 g/mol. The summed E-state index contributed by atoms with van der Waals surface area (Å²) in [7, 11) is 0. The maximum absolute atomic E-state index is 12.1. The minimum Gasteiger partial charge on any atom is -0.481 e. The van der Waals surface area contributed by atoms with Gasteiger partial charge in [-0.2, -0.15) is 0 Å². The lowest BCUT2D eigenvalue weighted by Gasteiger charge is -2.26. The summed E-state index contributed by atoms with van der Waals surface area (Å²) in [6.45, 7) is 3.78. The number of aromatic nitrogens is 1. The zero-order chi connectivity index (χ0) is 20.9. The van der Waals surface area contributed by atoms with Crippen molar-refractivity contribution in [2.24, 2.45) is 5.41 Å². The lowest BCUT2D eigenvalue weighted by molar-refractivity contribution is -0.384. The minimum atomic E-state index is -0.984. The second-order valence-corrected chi connectivity index (χ2v) is 6.60. The lowest BCUT2D eigenvalue weighted by atomic mass is 9.82. The van der Waals surface area contributed by atoms with E-state index in [1.54, 1.807) is 13.8 Å². The van der Waals surface area contributed by atoms with Gasteiger partial charge in [-0.15, -0.1) is 0 Å². The summed E-state index contributed by atoms with van der Waals surface area (Å²) in [5, 5.41) is 22.8. The van der Waals surface area contributed by atoms with Crippen LogP contribution in [0.4, 0.5) is 5.69 Å². The van der Waals surface area contributed by atoms with Gasteiger partial charge in [-0.05, 0) is 25.3 Å². The third kappa shape index (κ3) is 4.38. The van der Waals surface area contributed by atoms with E-state index < -0.39 is 22.1 Å². The molecule has 2 aromatic rings. The average Bonchev–Trinajstić information content (AvgIpc) is 2.97. The molecule has 0 aliphatic rings. The van der Waals surface area contributed by atoms with Crippen molar-refractivity contribution < 1.29 is 24.0 Å². The highest BCUT2D eigenvalue weighted by Gasteiger charge is 2.35. The van der Waals surface area contributed by atoms with Gasteiger partial charge in [-0.1, -0.05) is 13.8 Å². The number of nitrogens with one attached hydrogen (secondary N) is 1. The van der Waals surface area contributed by atoms with Gasteiger partial charge in [0.2, 0.25) is 5.91 Å². The Hall–Kier alpha value is -3.17. The lowest BCUT2D eigenvalue weighted by Crippen LogP contribution is -2.42. The predicted molar refractivity (Wildman–Crippen MR) is 100 cm³/mol. The molecule has 0 atom stereocenters. The van der Waals surface area contributed by atoms with E-state index in [1.165, 1.54) is 22.8 Å². The van der Waals surface area contributed by atoms with Crippen LogP contribution in [0.1, 0.15) is 39.5 Å². The number of nitrogens with zero attached hydrogens (tertiary/aromatic N) is 2. The van der Waals surface area contributed by atoms with Crippen molar-refractivity contribution in [3.8, 4) is 0 Å². The van der Waals surface area contributed by atoms with Crippen LogP contribution in [0.5, 0.6) is 0 Å². The summed E-state index contributed by atoms with van der Waals surface area (Å²) in [4.78, 5) is 45.7. The molecule has 0 saturated heterocycles. The first-order valence-electron chi connectivity index (χ1n) is 9.02. The Morgan fingerprint density at radius 1 is 1.32 bits per heavy atom. The number of carboxylic acid groups (broad SMARTS) is 1. The Kier molecular flexibility index (Phi) is 6.55. The SMILES string of the molecule is CCC(CC)(CNC(=O)CCCn1c(=O)oc2cc([N+](=O)[O-])ccc21)C(=O)O. The topological polar surface area (TPSA) is 145 Å². The normalized spacial score (nSPS) is 11.5. The Labute approximate surface area is 160 Å². The molecule has 152 valence electrons. The monoisotopic (exact) mass is 393 g/mol. The molecule has 10 heteroatoms. The predicted octanol–water partition coefficient (Wildman–Crippen LogP) is 2.29. The number of carbonyl (C=O) groups is 2. The number of nitro groups is 1. The smallest absolute Gasteiger partial charge is 0.419 e. The zero-order valence-corrected chi connectivity index (χ0v) is 15.8. The van der Waals surface area contributed by atoms with E-state index in [2.05, 4.69) is 5.32 Å². The number of carboxylic acids is 1. The summed E-state index contributed by atoms with van der Waals surface area (Å²) in [6.07, 6.45) is 1.24. The zero-order valence-electron chi connectivity index (χ0n) is 15.8. The minimum absolute atomic E-state index is 0.0480. The van der Waals surface area contributed by atoms with Crippen molar-refractivity contribution in [2.45, 2.75) is 46.1 Å². The van der Waals surface area contributed by atoms with Crippen molar-refractivity contribution in [3.63, 3.8) is 0 Å². The second kappa shape index (κ2) is 8.68. The van der Waals surface area contributed by atoms with Crippen LogP contribution >= 0.6 is 0 Å². The number of nitro benzene ring substituents is 1. The maximum Gasteiger partial charge on any atom is 0.419 e. The molecule has 1 amide bonds. The largest absolute Gasteiger partial charge is 0.481 e. The Morgan fingerprint density at radius 3 is 2.57 bits per heavy atom. The number of benzene rings is 1. The molecule has 0 spiro atoms. The number of rotatable bonds is 10. The van der Waals surface area contributed by atoms with Crippen molar-refractivity contribution in [3.05, 3.63) is 38.9 Å². The molecule has 1 aromatic carbocycles. The molecule has 0 bridgehead atoms. The van der Waals surface area contributed by atoms with Crippen molar-refractivity contribution >= 4 is 28.7 Å². The molecule has 10 nitrogen and oxygen atoms in total. The highest BCUT2D eigenvalue weighted by atomic mass is 16.6. The molecular weight excluding hydrogens is 370 g/mol. The number of fused-ring (bicyclic) bond motifs is 1. The van der Waals surface area contributed by atoms with Crippen molar-refractivity contribution in [1.82, 2.24) is 9.88 Å². The number of hydrogen-bond acceptors (Lipinski definition) is 6. The summed E-state index contributed by atoms with van der Waals surface area (Å²) in [5.74, 6) is -1.90. The van der Waals surface area contributed by atoms with E-state index >= 15 is 0 Å². The summed E-state index contributed by atoms with van der Waals surface area (Å²) in [5.41, 5.74) is -0.637.